The summed E-state index contributed by atoms with van der Waals surface area (Å²) in [5, 5.41) is 9.89. The van der Waals surface area contributed by atoms with Gasteiger partial charge in [0, 0.05) is 5.56 Å². The lowest BCUT2D eigenvalue weighted by Gasteiger charge is -2.06. The first-order valence-corrected chi connectivity index (χ1v) is 6.80. The maximum atomic E-state index is 11.8. The van der Waals surface area contributed by atoms with Gasteiger partial charge in [-0.3, -0.25) is 0 Å². The number of esters is 2. The largest absolute Gasteiger partial charge is 0.506 e. The van der Waals surface area contributed by atoms with E-state index in [9.17, 15) is 14.7 Å². The molecule has 0 aliphatic carbocycles. The molecule has 1 aromatic heterocycles. The highest BCUT2D eigenvalue weighted by atomic mass is 32.1. The van der Waals surface area contributed by atoms with Gasteiger partial charge < -0.3 is 14.6 Å². The SMILES string of the molecule is Cc1c(C(=O)OC(C)C)sc(C(=O)OC(C)C)c1O. The molecule has 0 aliphatic heterocycles. The fraction of sp³-hybridized carbons (Fsp3) is 0.538. The van der Waals surface area contributed by atoms with Crippen LogP contribution in [0.1, 0.15) is 52.6 Å². The fourth-order valence-corrected chi connectivity index (χ4v) is 2.34. The van der Waals surface area contributed by atoms with Crippen LogP contribution in [0.15, 0.2) is 0 Å². The van der Waals surface area contributed by atoms with Crippen LogP contribution in [-0.2, 0) is 9.47 Å². The Hall–Kier alpha value is -1.56. The Morgan fingerprint density at radius 2 is 1.42 bits per heavy atom. The monoisotopic (exact) mass is 286 g/mol. The maximum Gasteiger partial charge on any atom is 0.352 e. The second-order valence-corrected chi connectivity index (χ2v) is 5.66. The van der Waals surface area contributed by atoms with Crippen molar-refractivity contribution >= 4 is 23.3 Å². The first-order valence-electron chi connectivity index (χ1n) is 5.98. The predicted molar refractivity (Wildman–Crippen MR) is 71.8 cm³/mol. The average molecular weight is 286 g/mol. The molecule has 19 heavy (non-hydrogen) atoms. The molecule has 0 aliphatic rings. The molecule has 0 unspecified atom stereocenters. The van der Waals surface area contributed by atoms with E-state index in [2.05, 4.69) is 0 Å². The van der Waals surface area contributed by atoms with Gasteiger partial charge in [-0.2, -0.15) is 0 Å². The first kappa shape index (κ1) is 15.5. The summed E-state index contributed by atoms with van der Waals surface area (Å²) < 4.78 is 10.1. The summed E-state index contributed by atoms with van der Waals surface area (Å²) in [4.78, 5) is 23.8. The summed E-state index contributed by atoms with van der Waals surface area (Å²) >= 11 is 0.887. The highest BCUT2D eigenvalue weighted by Crippen LogP contribution is 2.35. The van der Waals surface area contributed by atoms with E-state index < -0.39 is 11.9 Å². The second-order valence-electron chi connectivity index (χ2n) is 4.64. The van der Waals surface area contributed by atoms with E-state index in [4.69, 9.17) is 9.47 Å². The minimum absolute atomic E-state index is 0.0295. The maximum absolute atomic E-state index is 11.8. The molecule has 106 valence electrons. The molecule has 1 aromatic rings. The van der Waals surface area contributed by atoms with Crippen molar-refractivity contribution in [3.05, 3.63) is 15.3 Å². The van der Waals surface area contributed by atoms with Crippen molar-refractivity contribution in [1.82, 2.24) is 0 Å². The van der Waals surface area contributed by atoms with Gasteiger partial charge in [0.1, 0.15) is 10.6 Å². The van der Waals surface area contributed by atoms with Crippen molar-refractivity contribution < 1.29 is 24.2 Å². The Morgan fingerprint density at radius 3 is 1.84 bits per heavy atom. The van der Waals surface area contributed by atoms with Crippen molar-refractivity contribution in [2.24, 2.45) is 0 Å². The van der Waals surface area contributed by atoms with Gasteiger partial charge >= 0.3 is 11.9 Å². The van der Waals surface area contributed by atoms with E-state index in [1.165, 1.54) is 0 Å². The molecule has 6 heteroatoms. The number of ether oxygens (including phenoxy) is 2. The van der Waals surface area contributed by atoms with Crippen LogP contribution in [0.2, 0.25) is 0 Å². The Morgan fingerprint density at radius 1 is 1.00 bits per heavy atom. The highest BCUT2D eigenvalue weighted by molar-refractivity contribution is 7.16. The van der Waals surface area contributed by atoms with E-state index >= 15 is 0 Å². The summed E-state index contributed by atoms with van der Waals surface area (Å²) in [5.41, 5.74) is 0.339. The smallest absolute Gasteiger partial charge is 0.352 e. The van der Waals surface area contributed by atoms with Gasteiger partial charge in [0.2, 0.25) is 0 Å². The molecule has 0 aromatic carbocycles. The number of hydrogen-bond acceptors (Lipinski definition) is 6. The molecule has 1 heterocycles. The van der Waals surface area contributed by atoms with Crippen LogP contribution < -0.4 is 0 Å². The minimum atomic E-state index is -0.635. The summed E-state index contributed by atoms with van der Waals surface area (Å²) in [5.74, 6) is -1.40. The van der Waals surface area contributed by atoms with Crippen molar-refractivity contribution in [2.75, 3.05) is 0 Å². The van der Waals surface area contributed by atoms with Crippen LogP contribution >= 0.6 is 11.3 Å². The van der Waals surface area contributed by atoms with Crippen LogP contribution in [0.3, 0.4) is 0 Å². The lowest BCUT2D eigenvalue weighted by molar-refractivity contribution is 0.0371. The third-order valence-electron chi connectivity index (χ3n) is 2.17. The third kappa shape index (κ3) is 3.70. The number of carbonyl (C=O) groups is 2. The molecular formula is C13H18O5S. The number of hydrogen-bond donors (Lipinski definition) is 1. The van der Waals surface area contributed by atoms with E-state index in [1.54, 1.807) is 34.6 Å². The van der Waals surface area contributed by atoms with Crippen molar-refractivity contribution in [3.8, 4) is 5.75 Å². The van der Waals surface area contributed by atoms with Gasteiger partial charge in [0.05, 0.1) is 12.2 Å². The van der Waals surface area contributed by atoms with Crippen LogP contribution in [0.5, 0.6) is 5.75 Å². The average Bonchev–Trinajstić information content (AvgIpc) is 2.54. The zero-order chi connectivity index (χ0) is 14.7. The molecule has 1 rings (SSSR count). The highest BCUT2D eigenvalue weighted by Gasteiger charge is 2.26. The van der Waals surface area contributed by atoms with Crippen molar-refractivity contribution in [2.45, 2.75) is 46.8 Å². The van der Waals surface area contributed by atoms with E-state index in [1.807, 2.05) is 0 Å². The van der Waals surface area contributed by atoms with Crippen LogP contribution in [-0.4, -0.2) is 29.3 Å². The molecule has 0 saturated heterocycles. The Bertz CT molecular complexity index is 445. The molecule has 0 spiro atoms. The fourth-order valence-electron chi connectivity index (χ4n) is 1.37. The standard InChI is InChI=1S/C13H18O5S/c1-6(2)17-12(15)10-8(5)9(14)11(19-10)13(16)18-7(3)4/h6-7,14H,1-5H3. The lowest BCUT2D eigenvalue weighted by atomic mass is 10.2. The molecule has 0 amide bonds. The van der Waals surface area contributed by atoms with E-state index in [-0.39, 0.29) is 27.7 Å². The zero-order valence-electron chi connectivity index (χ0n) is 11.6. The normalized spacial score (nSPS) is 10.9. The van der Waals surface area contributed by atoms with Crippen molar-refractivity contribution in [3.63, 3.8) is 0 Å². The summed E-state index contributed by atoms with van der Waals surface area (Å²) in [6, 6.07) is 0. The number of thiophene rings is 1. The lowest BCUT2D eigenvalue weighted by Crippen LogP contribution is -2.11. The first-order chi connectivity index (χ1) is 8.73. The Kier molecular flexibility index (Phi) is 4.94. The van der Waals surface area contributed by atoms with Gasteiger partial charge in [-0.25, -0.2) is 9.59 Å². The Labute approximate surface area is 116 Å². The van der Waals surface area contributed by atoms with E-state index in [0.717, 1.165) is 11.3 Å². The predicted octanol–water partition coefficient (Wildman–Crippen LogP) is 2.89. The summed E-state index contributed by atoms with van der Waals surface area (Å²) in [6.07, 6.45) is -0.553. The zero-order valence-corrected chi connectivity index (χ0v) is 12.5. The summed E-state index contributed by atoms with van der Waals surface area (Å²) in [6.45, 7) is 8.45. The second kappa shape index (κ2) is 6.06. The van der Waals surface area contributed by atoms with Gasteiger partial charge in [0.25, 0.3) is 0 Å². The molecule has 0 saturated carbocycles. The number of carbonyl (C=O) groups excluding carboxylic acids is 2. The Balaban J connectivity index is 3.05. The van der Waals surface area contributed by atoms with Gasteiger partial charge in [-0.15, -0.1) is 11.3 Å². The molecular weight excluding hydrogens is 268 g/mol. The third-order valence-corrected chi connectivity index (χ3v) is 3.41. The minimum Gasteiger partial charge on any atom is -0.506 e. The number of rotatable bonds is 4. The van der Waals surface area contributed by atoms with Crippen LogP contribution in [0.25, 0.3) is 0 Å². The van der Waals surface area contributed by atoms with Crippen LogP contribution in [0.4, 0.5) is 0 Å². The van der Waals surface area contributed by atoms with Gasteiger partial charge in [-0.05, 0) is 34.6 Å². The topological polar surface area (TPSA) is 72.8 Å². The molecule has 5 nitrogen and oxygen atoms in total. The summed E-state index contributed by atoms with van der Waals surface area (Å²) in [7, 11) is 0. The molecule has 0 fully saturated rings. The number of aromatic hydroxyl groups is 1. The molecule has 1 N–H and O–H groups in total. The van der Waals surface area contributed by atoms with Gasteiger partial charge in [0.15, 0.2) is 4.88 Å². The molecule has 0 bridgehead atoms. The molecule has 0 radical (unpaired) electrons. The molecule has 0 atom stereocenters. The van der Waals surface area contributed by atoms with Crippen LogP contribution in [0, 0.1) is 6.92 Å². The quantitative estimate of drug-likeness (QED) is 0.862. The van der Waals surface area contributed by atoms with Gasteiger partial charge in [-0.1, -0.05) is 0 Å². The van der Waals surface area contributed by atoms with Crippen molar-refractivity contribution in [1.29, 1.82) is 0 Å². The van der Waals surface area contributed by atoms with E-state index in [0.29, 0.717) is 5.56 Å².